The van der Waals surface area contributed by atoms with E-state index in [2.05, 4.69) is 15.2 Å². The third-order valence-corrected chi connectivity index (χ3v) is 5.47. The first-order valence-electron chi connectivity index (χ1n) is 7.65. The molecule has 122 valence electrons. The van der Waals surface area contributed by atoms with E-state index in [0.29, 0.717) is 15.1 Å². The van der Waals surface area contributed by atoms with Gasteiger partial charge in [0.05, 0.1) is 9.95 Å². The molecule has 1 heterocycles. The fourth-order valence-electron chi connectivity index (χ4n) is 2.86. The zero-order chi connectivity index (χ0) is 16.2. The number of rotatable bonds is 6. The lowest BCUT2D eigenvalue weighted by Crippen LogP contribution is -1.97. The van der Waals surface area contributed by atoms with Gasteiger partial charge in [0.15, 0.2) is 0 Å². The van der Waals surface area contributed by atoms with Crippen molar-refractivity contribution in [2.45, 2.75) is 48.6 Å². The van der Waals surface area contributed by atoms with Crippen LogP contribution in [0.25, 0.3) is 0 Å². The van der Waals surface area contributed by atoms with E-state index in [1.165, 1.54) is 49.6 Å². The summed E-state index contributed by atoms with van der Waals surface area (Å²) in [5, 5.41) is 18.8. The van der Waals surface area contributed by atoms with Gasteiger partial charge in [0.1, 0.15) is 5.82 Å². The Labute approximate surface area is 143 Å². The molecule has 1 N–H and O–H groups in total. The number of non-ortho nitro benzene ring substituents is 1. The summed E-state index contributed by atoms with van der Waals surface area (Å²) < 4.78 is 0. The molecule has 0 saturated heterocycles. The van der Waals surface area contributed by atoms with Gasteiger partial charge in [-0.2, -0.15) is 0 Å². The van der Waals surface area contributed by atoms with Crippen LogP contribution in [0.15, 0.2) is 28.3 Å². The van der Waals surface area contributed by atoms with Crippen LogP contribution in [-0.2, 0) is 6.42 Å². The highest BCUT2D eigenvalue weighted by atomic mass is 35.5. The summed E-state index contributed by atoms with van der Waals surface area (Å²) in [5.41, 5.74) is -0.0217. The second-order valence-electron chi connectivity index (χ2n) is 5.73. The Bertz CT molecular complexity index is 701. The molecule has 1 fully saturated rings. The maximum atomic E-state index is 10.7. The minimum absolute atomic E-state index is 0.0217. The van der Waals surface area contributed by atoms with Gasteiger partial charge in [-0.1, -0.05) is 37.3 Å². The highest BCUT2D eigenvalue weighted by molar-refractivity contribution is 7.99. The van der Waals surface area contributed by atoms with E-state index in [9.17, 15) is 10.1 Å². The molecule has 0 spiro atoms. The number of benzene rings is 1. The van der Waals surface area contributed by atoms with Gasteiger partial charge in [0.25, 0.3) is 5.69 Å². The molecule has 1 aromatic heterocycles. The van der Waals surface area contributed by atoms with Crippen molar-refractivity contribution in [2.24, 2.45) is 5.92 Å². The lowest BCUT2D eigenvalue weighted by molar-refractivity contribution is -0.384. The maximum Gasteiger partial charge on any atom is 0.270 e. The fourth-order valence-corrected chi connectivity index (χ4v) is 3.89. The molecule has 1 aliphatic rings. The molecule has 0 atom stereocenters. The van der Waals surface area contributed by atoms with Gasteiger partial charge in [-0.15, -0.1) is 5.10 Å². The Morgan fingerprint density at radius 2 is 2.17 bits per heavy atom. The number of halogens is 1. The van der Waals surface area contributed by atoms with E-state index in [1.54, 1.807) is 6.07 Å². The zero-order valence-electron chi connectivity index (χ0n) is 12.5. The Balaban J connectivity index is 1.61. The predicted molar refractivity (Wildman–Crippen MR) is 88.9 cm³/mol. The van der Waals surface area contributed by atoms with Crippen LogP contribution in [0.4, 0.5) is 5.69 Å². The first-order chi connectivity index (χ1) is 11.1. The van der Waals surface area contributed by atoms with Crippen LogP contribution in [0.5, 0.6) is 0 Å². The number of aromatic nitrogens is 3. The predicted octanol–water partition coefficient (Wildman–Crippen LogP) is 4.64. The molecule has 23 heavy (non-hydrogen) atoms. The molecule has 0 radical (unpaired) electrons. The maximum absolute atomic E-state index is 10.7. The molecule has 0 bridgehead atoms. The fraction of sp³-hybridized carbons (Fsp3) is 0.467. The summed E-state index contributed by atoms with van der Waals surface area (Å²) in [6.07, 6.45) is 7.41. The second kappa shape index (κ2) is 7.31. The largest absolute Gasteiger partial charge is 0.270 e. The molecule has 0 aliphatic heterocycles. The molecule has 8 heteroatoms. The van der Waals surface area contributed by atoms with E-state index in [4.69, 9.17) is 11.6 Å². The van der Waals surface area contributed by atoms with Crippen LogP contribution in [0.1, 0.15) is 37.9 Å². The highest BCUT2D eigenvalue weighted by Gasteiger charge is 2.16. The summed E-state index contributed by atoms with van der Waals surface area (Å²) in [4.78, 5) is 15.4. The SMILES string of the molecule is O=[N+]([O-])c1ccc(Sc2n[nH]c(CCC3CCCC3)n2)c(Cl)c1. The molecule has 0 unspecified atom stereocenters. The number of nitro benzene ring substituents is 1. The topological polar surface area (TPSA) is 84.7 Å². The van der Waals surface area contributed by atoms with Gasteiger partial charge in [-0.05, 0) is 30.2 Å². The van der Waals surface area contributed by atoms with E-state index in [0.717, 1.165) is 24.6 Å². The van der Waals surface area contributed by atoms with Crippen LogP contribution < -0.4 is 0 Å². The summed E-state index contributed by atoms with van der Waals surface area (Å²) in [5.74, 6) is 1.71. The standard InChI is InChI=1S/C15H17ClN4O2S/c16-12-9-11(20(21)22)6-7-13(12)23-15-17-14(18-19-15)8-5-10-3-1-2-4-10/h6-7,9-10H,1-5,8H2,(H,17,18,19). The van der Waals surface area contributed by atoms with Gasteiger partial charge in [0, 0.05) is 23.4 Å². The first-order valence-corrected chi connectivity index (χ1v) is 8.84. The van der Waals surface area contributed by atoms with E-state index < -0.39 is 4.92 Å². The number of nitrogens with zero attached hydrogens (tertiary/aromatic N) is 3. The molecule has 2 aromatic rings. The van der Waals surface area contributed by atoms with Crippen molar-refractivity contribution in [3.05, 3.63) is 39.2 Å². The normalized spacial score (nSPS) is 15.2. The van der Waals surface area contributed by atoms with Crippen molar-refractivity contribution in [1.29, 1.82) is 0 Å². The Morgan fingerprint density at radius 1 is 1.39 bits per heavy atom. The number of aryl methyl sites for hydroxylation is 1. The Morgan fingerprint density at radius 3 is 2.87 bits per heavy atom. The minimum Gasteiger partial charge on any atom is -0.262 e. The average molecular weight is 353 g/mol. The number of hydrogen-bond donors (Lipinski definition) is 1. The third kappa shape index (κ3) is 4.23. The van der Waals surface area contributed by atoms with Gasteiger partial charge < -0.3 is 0 Å². The van der Waals surface area contributed by atoms with Crippen LogP contribution in [-0.4, -0.2) is 20.1 Å². The van der Waals surface area contributed by atoms with Crippen LogP contribution >= 0.6 is 23.4 Å². The first kappa shape index (κ1) is 16.3. The number of H-pyrrole nitrogens is 1. The molecular weight excluding hydrogens is 336 g/mol. The van der Waals surface area contributed by atoms with Crippen molar-refractivity contribution in [1.82, 2.24) is 15.2 Å². The summed E-state index contributed by atoms with van der Waals surface area (Å²) in [6.45, 7) is 0. The lowest BCUT2D eigenvalue weighted by atomic mass is 10.0. The minimum atomic E-state index is -0.464. The van der Waals surface area contributed by atoms with Crippen LogP contribution in [0.2, 0.25) is 5.02 Å². The monoisotopic (exact) mass is 352 g/mol. The number of hydrogen-bond acceptors (Lipinski definition) is 5. The van der Waals surface area contributed by atoms with Gasteiger partial charge in [-0.25, -0.2) is 4.98 Å². The summed E-state index contributed by atoms with van der Waals surface area (Å²) >= 11 is 7.39. The van der Waals surface area contributed by atoms with Crippen molar-refractivity contribution < 1.29 is 4.92 Å². The van der Waals surface area contributed by atoms with Crippen LogP contribution in [0.3, 0.4) is 0 Å². The quantitative estimate of drug-likeness (QED) is 0.604. The zero-order valence-corrected chi connectivity index (χ0v) is 14.1. The van der Waals surface area contributed by atoms with E-state index in [-0.39, 0.29) is 5.69 Å². The molecule has 0 amide bonds. The van der Waals surface area contributed by atoms with Crippen LogP contribution in [0, 0.1) is 16.0 Å². The van der Waals surface area contributed by atoms with Gasteiger partial charge in [-0.3, -0.25) is 15.2 Å². The summed E-state index contributed by atoms with van der Waals surface area (Å²) in [7, 11) is 0. The van der Waals surface area contributed by atoms with Gasteiger partial charge >= 0.3 is 0 Å². The Hall–Kier alpha value is -1.60. The lowest BCUT2D eigenvalue weighted by Gasteiger charge is -2.05. The summed E-state index contributed by atoms with van der Waals surface area (Å²) in [6, 6.07) is 4.40. The molecule has 1 aromatic carbocycles. The van der Waals surface area contributed by atoms with Gasteiger partial charge in [0.2, 0.25) is 5.16 Å². The second-order valence-corrected chi connectivity index (χ2v) is 7.14. The van der Waals surface area contributed by atoms with E-state index in [1.807, 2.05) is 0 Å². The number of nitrogens with one attached hydrogen (secondary N) is 1. The van der Waals surface area contributed by atoms with E-state index >= 15 is 0 Å². The van der Waals surface area contributed by atoms with Crippen molar-refractivity contribution >= 4 is 29.1 Å². The van der Waals surface area contributed by atoms with Crippen molar-refractivity contribution in [3.8, 4) is 0 Å². The average Bonchev–Trinajstić information content (AvgIpc) is 3.18. The molecule has 1 aliphatic carbocycles. The van der Waals surface area contributed by atoms with Crippen molar-refractivity contribution in [2.75, 3.05) is 0 Å². The molecule has 3 rings (SSSR count). The van der Waals surface area contributed by atoms with Crippen molar-refractivity contribution in [3.63, 3.8) is 0 Å². The highest BCUT2D eigenvalue weighted by Crippen LogP contribution is 2.34. The molecule has 1 saturated carbocycles. The smallest absolute Gasteiger partial charge is 0.262 e. The third-order valence-electron chi connectivity index (χ3n) is 4.10. The number of nitro groups is 1. The molecule has 6 nitrogen and oxygen atoms in total. The molecular formula is C15H17ClN4O2S. The number of aromatic amines is 1. The Kier molecular flexibility index (Phi) is 5.17.